The molecule has 0 bridgehead atoms. The van der Waals surface area contributed by atoms with Crippen LogP contribution in [0.4, 0.5) is 5.69 Å². The van der Waals surface area contributed by atoms with Crippen LogP contribution in [0.25, 0.3) is 0 Å². The highest BCUT2D eigenvalue weighted by Gasteiger charge is 2.02. The van der Waals surface area contributed by atoms with Crippen LogP contribution in [0.3, 0.4) is 0 Å². The summed E-state index contributed by atoms with van der Waals surface area (Å²) in [5.74, 6) is 2.14. The predicted octanol–water partition coefficient (Wildman–Crippen LogP) is 2.41. The maximum Gasteiger partial charge on any atom is 0.129 e. The minimum Gasteiger partial charge on any atom is -0.491 e. The van der Waals surface area contributed by atoms with Gasteiger partial charge in [0.25, 0.3) is 0 Å². The van der Waals surface area contributed by atoms with Crippen molar-refractivity contribution in [1.29, 1.82) is 0 Å². The Hall–Kier alpha value is -1.98. The molecule has 0 aliphatic heterocycles. The summed E-state index contributed by atoms with van der Waals surface area (Å²) in [5.41, 5.74) is 0.946. The Labute approximate surface area is 118 Å². The summed E-state index contributed by atoms with van der Waals surface area (Å²) in [6, 6.07) is 11.3. The molecule has 5 heteroatoms. The van der Waals surface area contributed by atoms with Crippen LogP contribution >= 0.6 is 0 Å². The summed E-state index contributed by atoms with van der Waals surface area (Å²) in [6.45, 7) is 1.57. The van der Waals surface area contributed by atoms with E-state index in [-0.39, 0.29) is 6.61 Å². The number of anilines is 1. The van der Waals surface area contributed by atoms with Gasteiger partial charge in [0.15, 0.2) is 0 Å². The SMILES string of the molecule is COCCOc1cccc(NCc2ccc(CO)o2)c1. The van der Waals surface area contributed by atoms with Crippen molar-refractivity contribution in [2.24, 2.45) is 0 Å². The average Bonchev–Trinajstić information content (AvgIpc) is 2.94. The number of furan rings is 1. The highest BCUT2D eigenvalue weighted by molar-refractivity contribution is 5.48. The summed E-state index contributed by atoms with van der Waals surface area (Å²) in [5, 5.41) is 12.2. The van der Waals surface area contributed by atoms with E-state index in [4.69, 9.17) is 19.0 Å². The largest absolute Gasteiger partial charge is 0.491 e. The number of ether oxygens (including phenoxy) is 2. The Morgan fingerprint density at radius 2 is 2.00 bits per heavy atom. The van der Waals surface area contributed by atoms with Crippen LogP contribution in [0.1, 0.15) is 11.5 Å². The molecule has 5 nitrogen and oxygen atoms in total. The topological polar surface area (TPSA) is 63.9 Å². The first-order chi connectivity index (χ1) is 9.81. The lowest BCUT2D eigenvalue weighted by Crippen LogP contribution is -2.04. The van der Waals surface area contributed by atoms with Crippen molar-refractivity contribution >= 4 is 5.69 Å². The van der Waals surface area contributed by atoms with Crippen molar-refractivity contribution in [1.82, 2.24) is 0 Å². The van der Waals surface area contributed by atoms with Gasteiger partial charge in [-0.2, -0.15) is 0 Å². The van der Waals surface area contributed by atoms with Crippen LogP contribution in [0.2, 0.25) is 0 Å². The molecule has 1 heterocycles. The van der Waals surface area contributed by atoms with Crippen LogP contribution in [-0.2, 0) is 17.9 Å². The average molecular weight is 277 g/mol. The van der Waals surface area contributed by atoms with E-state index < -0.39 is 0 Å². The van der Waals surface area contributed by atoms with Crippen molar-refractivity contribution in [2.45, 2.75) is 13.2 Å². The lowest BCUT2D eigenvalue weighted by Gasteiger charge is -2.08. The summed E-state index contributed by atoms with van der Waals surface area (Å²) in [7, 11) is 1.64. The van der Waals surface area contributed by atoms with Gasteiger partial charge in [0.2, 0.25) is 0 Å². The van der Waals surface area contributed by atoms with Crippen LogP contribution in [0.15, 0.2) is 40.8 Å². The van der Waals surface area contributed by atoms with E-state index in [2.05, 4.69) is 5.32 Å². The second kappa shape index (κ2) is 7.57. The van der Waals surface area contributed by atoms with Crippen molar-refractivity contribution in [3.8, 4) is 5.75 Å². The third kappa shape index (κ3) is 4.29. The summed E-state index contributed by atoms with van der Waals surface area (Å²) in [4.78, 5) is 0. The molecule has 0 fully saturated rings. The Kier molecular flexibility index (Phi) is 5.46. The first-order valence-electron chi connectivity index (χ1n) is 6.46. The van der Waals surface area contributed by atoms with Crippen molar-refractivity contribution < 1.29 is 19.0 Å². The van der Waals surface area contributed by atoms with E-state index in [0.717, 1.165) is 17.2 Å². The minimum absolute atomic E-state index is 0.0805. The Morgan fingerprint density at radius 1 is 1.15 bits per heavy atom. The Morgan fingerprint density at radius 3 is 2.75 bits per heavy atom. The molecule has 20 heavy (non-hydrogen) atoms. The third-order valence-electron chi connectivity index (χ3n) is 2.73. The number of methoxy groups -OCH3 is 1. The summed E-state index contributed by atoms with van der Waals surface area (Å²) < 4.78 is 15.9. The fraction of sp³-hybridized carbons (Fsp3) is 0.333. The maximum absolute atomic E-state index is 8.93. The molecule has 0 amide bonds. The van der Waals surface area contributed by atoms with Crippen molar-refractivity contribution in [2.75, 3.05) is 25.6 Å². The maximum atomic E-state index is 8.93. The number of aliphatic hydroxyl groups is 1. The zero-order valence-electron chi connectivity index (χ0n) is 11.5. The first-order valence-corrected chi connectivity index (χ1v) is 6.46. The van der Waals surface area contributed by atoms with E-state index in [0.29, 0.717) is 25.5 Å². The first kappa shape index (κ1) is 14.4. The van der Waals surface area contributed by atoms with Gasteiger partial charge in [0, 0.05) is 18.9 Å². The fourth-order valence-electron chi connectivity index (χ4n) is 1.73. The second-order valence-corrected chi connectivity index (χ2v) is 4.25. The van der Waals surface area contributed by atoms with Crippen LogP contribution < -0.4 is 10.1 Å². The molecule has 2 rings (SSSR count). The van der Waals surface area contributed by atoms with Gasteiger partial charge in [-0.05, 0) is 24.3 Å². The number of rotatable bonds is 8. The molecule has 2 N–H and O–H groups in total. The predicted molar refractivity (Wildman–Crippen MR) is 75.8 cm³/mol. The van der Waals surface area contributed by atoms with Gasteiger partial charge in [-0.25, -0.2) is 0 Å². The van der Waals surface area contributed by atoms with Gasteiger partial charge in [-0.3, -0.25) is 0 Å². The molecule has 0 spiro atoms. The van der Waals surface area contributed by atoms with E-state index in [1.807, 2.05) is 30.3 Å². The molecule has 0 unspecified atom stereocenters. The number of nitrogens with one attached hydrogen (secondary N) is 1. The standard InChI is InChI=1S/C15H19NO4/c1-18-7-8-19-13-4-2-3-12(9-13)16-10-14-5-6-15(11-17)20-14/h2-6,9,16-17H,7-8,10-11H2,1H3. The Balaban J connectivity index is 1.87. The zero-order valence-corrected chi connectivity index (χ0v) is 11.5. The molecule has 2 aromatic rings. The highest BCUT2D eigenvalue weighted by Crippen LogP contribution is 2.18. The molecular formula is C15H19NO4. The van der Waals surface area contributed by atoms with E-state index >= 15 is 0 Å². The lowest BCUT2D eigenvalue weighted by molar-refractivity contribution is 0.146. The van der Waals surface area contributed by atoms with Gasteiger partial charge in [0.05, 0.1) is 13.2 Å². The summed E-state index contributed by atoms with van der Waals surface area (Å²) >= 11 is 0. The number of hydrogen-bond acceptors (Lipinski definition) is 5. The minimum atomic E-state index is -0.0805. The zero-order chi connectivity index (χ0) is 14.2. The van der Waals surface area contributed by atoms with Crippen molar-refractivity contribution in [3.63, 3.8) is 0 Å². The number of aliphatic hydroxyl groups excluding tert-OH is 1. The summed E-state index contributed by atoms with van der Waals surface area (Å²) in [6.07, 6.45) is 0. The smallest absolute Gasteiger partial charge is 0.129 e. The van der Waals surface area contributed by atoms with Gasteiger partial charge < -0.3 is 24.3 Å². The number of benzene rings is 1. The molecule has 0 aliphatic rings. The molecule has 0 radical (unpaired) electrons. The van der Waals surface area contributed by atoms with Gasteiger partial charge in [-0.1, -0.05) is 6.07 Å². The molecule has 0 saturated carbocycles. The van der Waals surface area contributed by atoms with Gasteiger partial charge in [-0.15, -0.1) is 0 Å². The van der Waals surface area contributed by atoms with Crippen LogP contribution in [-0.4, -0.2) is 25.4 Å². The van der Waals surface area contributed by atoms with E-state index in [1.165, 1.54) is 0 Å². The molecule has 1 aromatic heterocycles. The Bertz CT molecular complexity index is 524. The van der Waals surface area contributed by atoms with Crippen molar-refractivity contribution in [3.05, 3.63) is 47.9 Å². The molecule has 1 aromatic carbocycles. The monoisotopic (exact) mass is 277 g/mol. The normalized spacial score (nSPS) is 10.5. The van der Waals surface area contributed by atoms with Crippen LogP contribution in [0, 0.1) is 0 Å². The third-order valence-corrected chi connectivity index (χ3v) is 2.73. The lowest BCUT2D eigenvalue weighted by atomic mass is 10.3. The fourth-order valence-corrected chi connectivity index (χ4v) is 1.73. The molecule has 108 valence electrons. The second-order valence-electron chi connectivity index (χ2n) is 4.25. The number of hydrogen-bond donors (Lipinski definition) is 2. The van der Waals surface area contributed by atoms with E-state index in [9.17, 15) is 0 Å². The molecule has 0 atom stereocenters. The quantitative estimate of drug-likeness (QED) is 0.725. The highest BCUT2D eigenvalue weighted by atomic mass is 16.5. The molecule has 0 aliphatic carbocycles. The van der Waals surface area contributed by atoms with Gasteiger partial charge >= 0.3 is 0 Å². The molecule has 0 saturated heterocycles. The van der Waals surface area contributed by atoms with Gasteiger partial charge in [0.1, 0.15) is 30.5 Å². The van der Waals surface area contributed by atoms with E-state index in [1.54, 1.807) is 13.2 Å². The van der Waals surface area contributed by atoms with Crippen LogP contribution in [0.5, 0.6) is 5.75 Å². The molecular weight excluding hydrogens is 258 g/mol.